The highest BCUT2D eigenvalue weighted by molar-refractivity contribution is 7.99. The lowest BCUT2D eigenvalue weighted by molar-refractivity contribution is -0.123. The Bertz CT molecular complexity index is 1090. The van der Waals surface area contributed by atoms with Crippen LogP contribution in [0.25, 0.3) is 0 Å². The number of thioether (sulfide) groups is 1. The summed E-state index contributed by atoms with van der Waals surface area (Å²) in [6, 6.07) is 20.3. The van der Waals surface area contributed by atoms with Gasteiger partial charge >= 0.3 is 0 Å². The van der Waals surface area contributed by atoms with Gasteiger partial charge in [-0.25, -0.2) is 0 Å². The highest BCUT2D eigenvalue weighted by Crippen LogP contribution is 2.23. The number of Topliss-reactive ketones (excluding diaryl/α,β-unsaturated/α-hetero) is 1. The van der Waals surface area contributed by atoms with Crippen LogP contribution in [-0.4, -0.2) is 42.7 Å². The Morgan fingerprint density at radius 3 is 2.49 bits per heavy atom. The van der Waals surface area contributed by atoms with Gasteiger partial charge in [0.15, 0.2) is 12.4 Å². The fourth-order valence-electron chi connectivity index (χ4n) is 3.92. The van der Waals surface area contributed by atoms with Crippen molar-refractivity contribution in [3.05, 3.63) is 89.3 Å². The molecule has 0 aliphatic rings. The molecular formula is C29H35ClN2O4S. The topological polar surface area (TPSA) is 80.6 Å². The van der Waals surface area contributed by atoms with Crippen molar-refractivity contribution in [3.8, 4) is 5.75 Å². The molecule has 1 amide bonds. The molecule has 1 aromatic heterocycles. The Balaban J connectivity index is 1.57. The van der Waals surface area contributed by atoms with Gasteiger partial charge in [-0.05, 0) is 48.6 Å². The standard InChI is InChI=1S/C29H35ClN2O4S/c1-21(2)15-23(32-29(34)18-36-28-13-7-6-12-25(28)30)17-31-26(16-22-9-4-3-5-10-22)27(33)20-37-19-24-11-8-14-35-24/h3-14,21,23,26,31H,15-20H2,1-2H3,(H,32,34). The summed E-state index contributed by atoms with van der Waals surface area (Å²) in [7, 11) is 0. The molecule has 0 spiro atoms. The highest BCUT2D eigenvalue weighted by Gasteiger charge is 2.22. The first kappa shape index (κ1) is 28.8. The summed E-state index contributed by atoms with van der Waals surface area (Å²) in [5, 5.41) is 6.96. The Hall–Kier alpha value is -2.74. The van der Waals surface area contributed by atoms with Gasteiger partial charge in [0.25, 0.3) is 5.91 Å². The Kier molecular flexibility index (Phi) is 12.1. The number of furan rings is 1. The second-order valence-electron chi connectivity index (χ2n) is 9.30. The van der Waals surface area contributed by atoms with Gasteiger partial charge in [-0.3, -0.25) is 9.59 Å². The highest BCUT2D eigenvalue weighted by atomic mass is 35.5. The lowest BCUT2D eigenvalue weighted by Crippen LogP contribution is -2.49. The summed E-state index contributed by atoms with van der Waals surface area (Å²) in [5.74, 6) is 2.60. The number of amides is 1. The number of carbonyl (C=O) groups excluding carboxylic acids is 2. The molecule has 0 aliphatic carbocycles. The van der Waals surface area contributed by atoms with Gasteiger partial charge in [-0.1, -0.05) is 67.9 Å². The molecule has 37 heavy (non-hydrogen) atoms. The molecule has 2 N–H and O–H groups in total. The van der Waals surface area contributed by atoms with E-state index in [0.29, 0.717) is 41.2 Å². The second-order valence-corrected chi connectivity index (χ2v) is 10.7. The lowest BCUT2D eigenvalue weighted by Gasteiger charge is -2.25. The van der Waals surface area contributed by atoms with E-state index in [1.54, 1.807) is 24.5 Å². The van der Waals surface area contributed by atoms with Gasteiger partial charge in [0, 0.05) is 12.6 Å². The number of benzene rings is 2. The molecule has 0 saturated heterocycles. The van der Waals surface area contributed by atoms with Crippen LogP contribution in [0.1, 0.15) is 31.6 Å². The predicted octanol–water partition coefficient (Wildman–Crippen LogP) is 5.55. The van der Waals surface area contributed by atoms with Crippen LogP contribution in [0, 0.1) is 5.92 Å². The van der Waals surface area contributed by atoms with Crippen molar-refractivity contribution in [3.63, 3.8) is 0 Å². The number of hydrogen-bond acceptors (Lipinski definition) is 6. The number of rotatable bonds is 16. The molecule has 0 radical (unpaired) electrons. The van der Waals surface area contributed by atoms with Crippen molar-refractivity contribution in [2.75, 3.05) is 18.9 Å². The van der Waals surface area contributed by atoms with Crippen molar-refractivity contribution >= 4 is 35.1 Å². The van der Waals surface area contributed by atoms with Crippen LogP contribution < -0.4 is 15.4 Å². The van der Waals surface area contributed by atoms with Gasteiger partial charge in [0.2, 0.25) is 0 Å². The SMILES string of the molecule is CC(C)CC(CNC(Cc1ccccc1)C(=O)CSCc1ccco1)NC(=O)COc1ccccc1Cl. The first-order chi connectivity index (χ1) is 17.9. The van der Waals surface area contributed by atoms with Crippen LogP contribution in [0.4, 0.5) is 0 Å². The molecule has 3 rings (SSSR count). The van der Waals surface area contributed by atoms with Gasteiger partial charge in [-0.2, -0.15) is 0 Å². The number of ketones is 1. The van der Waals surface area contributed by atoms with E-state index in [1.165, 1.54) is 11.8 Å². The minimum absolute atomic E-state index is 0.122. The van der Waals surface area contributed by atoms with Gasteiger partial charge in [-0.15, -0.1) is 11.8 Å². The fraction of sp³-hybridized carbons (Fsp3) is 0.379. The van der Waals surface area contributed by atoms with Gasteiger partial charge in [0.1, 0.15) is 11.5 Å². The maximum atomic E-state index is 13.2. The normalized spacial score (nSPS) is 12.8. The Labute approximate surface area is 228 Å². The summed E-state index contributed by atoms with van der Waals surface area (Å²) in [5.41, 5.74) is 1.09. The monoisotopic (exact) mass is 542 g/mol. The van der Waals surface area contributed by atoms with Crippen LogP contribution in [0.3, 0.4) is 0 Å². The molecule has 3 aromatic rings. The second kappa shape index (κ2) is 15.5. The minimum atomic E-state index is -0.363. The summed E-state index contributed by atoms with van der Waals surface area (Å²) in [6.45, 7) is 4.56. The molecule has 8 heteroatoms. The molecule has 0 fully saturated rings. The van der Waals surface area contributed by atoms with Crippen molar-refractivity contribution < 1.29 is 18.7 Å². The molecule has 6 nitrogen and oxygen atoms in total. The molecule has 0 aliphatic heterocycles. The van der Waals surface area contributed by atoms with Crippen molar-refractivity contribution in [1.29, 1.82) is 0 Å². The van der Waals surface area contributed by atoms with E-state index >= 15 is 0 Å². The van der Waals surface area contributed by atoms with Crippen molar-refractivity contribution in [2.45, 2.75) is 44.5 Å². The smallest absolute Gasteiger partial charge is 0.258 e. The van der Waals surface area contributed by atoms with Crippen LogP contribution in [0.15, 0.2) is 77.4 Å². The third-order valence-corrected chi connectivity index (χ3v) is 6.96. The maximum absolute atomic E-state index is 13.2. The first-order valence-corrected chi connectivity index (χ1v) is 14.0. The zero-order chi connectivity index (χ0) is 26.5. The van der Waals surface area contributed by atoms with Crippen molar-refractivity contribution in [2.24, 2.45) is 5.92 Å². The van der Waals surface area contributed by atoms with E-state index in [9.17, 15) is 9.59 Å². The summed E-state index contributed by atoms with van der Waals surface area (Å²) in [6.07, 6.45) is 2.99. The van der Waals surface area contributed by atoms with Crippen molar-refractivity contribution in [1.82, 2.24) is 10.6 Å². The van der Waals surface area contributed by atoms with E-state index < -0.39 is 0 Å². The average Bonchev–Trinajstić information content (AvgIpc) is 3.39. The third kappa shape index (κ3) is 10.6. The molecule has 0 saturated carbocycles. The zero-order valence-electron chi connectivity index (χ0n) is 21.3. The fourth-order valence-corrected chi connectivity index (χ4v) is 4.98. The van der Waals surface area contributed by atoms with Crippen LogP contribution in [-0.2, 0) is 21.8 Å². The molecule has 2 atom stereocenters. The zero-order valence-corrected chi connectivity index (χ0v) is 22.9. The third-order valence-electron chi connectivity index (χ3n) is 5.67. The van der Waals surface area contributed by atoms with Gasteiger partial charge in [0.05, 0.1) is 28.8 Å². The van der Waals surface area contributed by atoms with E-state index in [4.69, 9.17) is 20.8 Å². The number of hydrogen-bond donors (Lipinski definition) is 2. The summed E-state index contributed by atoms with van der Waals surface area (Å²) in [4.78, 5) is 25.8. The number of ether oxygens (including phenoxy) is 1. The van der Waals surface area contributed by atoms with E-state index in [0.717, 1.165) is 17.7 Å². The quantitative estimate of drug-likeness (QED) is 0.247. The number of carbonyl (C=O) groups is 2. The van der Waals surface area contributed by atoms with Crippen LogP contribution in [0.2, 0.25) is 5.02 Å². The maximum Gasteiger partial charge on any atom is 0.258 e. The minimum Gasteiger partial charge on any atom is -0.482 e. The molecule has 2 unspecified atom stereocenters. The largest absolute Gasteiger partial charge is 0.482 e. The predicted molar refractivity (Wildman–Crippen MR) is 150 cm³/mol. The average molecular weight is 543 g/mol. The Morgan fingerprint density at radius 1 is 1.03 bits per heavy atom. The molecule has 1 heterocycles. The Morgan fingerprint density at radius 2 is 1.78 bits per heavy atom. The number of halogens is 1. The van der Waals surface area contributed by atoms with E-state index in [2.05, 4.69) is 24.5 Å². The van der Waals surface area contributed by atoms with E-state index in [-0.39, 0.29) is 30.4 Å². The molecule has 198 valence electrons. The number of nitrogens with one attached hydrogen (secondary N) is 2. The summed E-state index contributed by atoms with van der Waals surface area (Å²) < 4.78 is 11.0. The van der Waals surface area contributed by atoms with Crippen LogP contribution in [0.5, 0.6) is 5.75 Å². The van der Waals surface area contributed by atoms with Crippen LogP contribution >= 0.6 is 23.4 Å². The first-order valence-electron chi connectivity index (χ1n) is 12.5. The van der Waals surface area contributed by atoms with E-state index in [1.807, 2.05) is 48.5 Å². The molecular weight excluding hydrogens is 508 g/mol. The summed E-state index contributed by atoms with van der Waals surface area (Å²) >= 11 is 7.66. The molecule has 0 bridgehead atoms. The van der Waals surface area contributed by atoms with Gasteiger partial charge < -0.3 is 19.8 Å². The number of para-hydroxylation sites is 1. The lowest BCUT2D eigenvalue weighted by atomic mass is 10.0. The molecule has 2 aromatic carbocycles.